The minimum Gasteiger partial charge on any atom is -0.462 e. The number of halogens is 4. The minimum absolute atomic E-state index is 0.0228. The third-order valence-corrected chi connectivity index (χ3v) is 8.18. The van der Waals surface area contributed by atoms with E-state index in [9.17, 15) is 27.9 Å². The van der Waals surface area contributed by atoms with Crippen molar-refractivity contribution in [2.75, 3.05) is 51.1 Å². The van der Waals surface area contributed by atoms with Gasteiger partial charge in [-0.3, -0.25) is 0 Å². The van der Waals surface area contributed by atoms with Crippen LogP contribution in [0.4, 0.5) is 23.7 Å². The number of aliphatic hydroxyl groups is 1. The maximum atomic E-state index is 13.2. The molecule has 4 rings (SSSR count). The number of esters is 1. The Morgan fingerprint density at radius 2 is 1.86 bits per heavy atom. The van der Waals surface area contributed by atoms with Crippen LogP contribution in [-0.2, 0) is 21.3 Å². The average Bonchev–Trinajstić information content (AvgIpc) is 2.96. The molecule has 0 spiro atoms. The maximum Gasteiger partial charge on any atom is 0.416 e. The minimum atomic E-state index is -4.52. The van der Waals surface area contributed by atoms with E-state index in [2.05, 4.69) is 4.98 Å². The molecule has 13 heteroatoms. The molecule has 1 amide bonds. The molecule has 0 bridgehead atoms. The summed E-state index contributed by atoms with van der Waals surface area (Å²) in [5.41, 5.74) is -0.793. The monoisotopic (exact) mass is 625 g/mol. The van der Waals surface area contributed by atoms with E-state index in [1.54, 1.807) is 43.3 Å². The number of piperidine rings is 1. The molecule has 0 saturated carbocycles. The third-order valence-electron chi connectivity index (χ3n) is 7.19. The SMILES string of the molecule is CCOC(=O)c1c(SC)nc2c(Cl)cccc2c1N(C)CCOC(=O)N1CCC(O)(c2cccc(C(F)(F)F)c2)CC1. The topological polar surface area (TPSA) is 92.2 Å². The van der Waals surface area contributed by atoms with Crippen molar-refractivity contribution >= 4 is 52.0 Å². The summed E-state index contributed by atoms with van der Waals surface area (Å²) in [7, 11) is 1.76. The highest BCUT2D eigenvalue weighted by atomic mass is 35.5. The number of likely N-dealkylation sites (tertiary alicyclic amines) is 1. The van der Waals surface area contributed by atoms with E-state index in [4.69, 9.17) is 21.1 Å². The molecule has 1 fully saturated rings. The number of para-hydroxylation sites is 1. The number of carbonyl (C=O) groups excluding carboxylic acids is 2. The number of pyridine rings is 1. The van der Waals surface area contributed by atoms with Crippen molar-refractivity contribution < 1.29 is 37.3 Å². The number of carbonyl (C=O) groups is 2. The van der Waals surface area contributed by atoms with Gasteiger partial charge < -0.3 is 24.4 Å². The average molecular weight is 626 g/mol. The van der Waals surface area contributed by atoms with Crippen molar-refractivity contribution in [3.63, 3.8) is 0 Å². The van der Waals surface area contributed by atoms with E-state index < -0.39 is 29.4 Å². The van der Waals surface area contributed by atoms with Gasteiger partial charge in [-0.15, -0.1) is 11.8 Å². The molecule has 8 nitrogen and oxygen atoms in total. The number of nitrogens with zero attached hydrogens (tertiary/aromatic N) is 3. The lowest BCUT2D eigenvalue weighted by Gasteiger charge is -2.38. The van der Waals surface area contributed by atoms with Crippen molar-refractivity contribution in [2.24, 2.45) is 0 Å². The number of fused-ring (bicyclic) bond motifs is 1. The zero-order valence-corrected chi connectivity index (χ0v) is 24.9. The van der Waals surface area contributed by atoms with Gasteiger partial charge in [0, 0.05) is 25.5 Å². The fourth-order valence-corrected chi connectivity index (χ4v) is 5.73. The Morgan fingerprint density at radius 1 is 1.17 bits per heavy atom. The Bertz CT molecular complexity index is 1460. The summed E-state index contributed by atoms with van der Waals surface area (Å²) in [6.45, 7) is 2.31. The van der Waals surface area contributed by atoms with Gasteiger partial charge in [-0.2, -0.15) is 13.2 Å². The first-order valence-corrected chi connectivity index (χ1v) is 14.9. The Balaban J connectivity index is 1.44. The van der Waals surface area contributed by atoms with Gasteiger partial charge in [-0.05, 0) is 49.8 Å². The van der Waals surface area contributed by atoms with E-state index >= 15 is 0 Å². The second-order valence-corrected chi connectivity index (χ2v) is 11.0. The molecule has 0 atom stereocenters. The Morgan fingerprint density at radius 3 is 2.50 bits per heavy atom. The number of aromatic nitrogens is 1. The molecule has 0 radical (unpaired) electrons. The molecule has 3 aromatic rings. The molecular weight excluding hydrogens is 595 g/mol. The fourth-order valence-electron chi connectivity index (χ4n) is 4.95. The molecule has 226 valence electrons. The summed E-state index contributed by atoms with van der Waals surface area (Å²) in [4.78, 5) is 33.6. The van der Waals surface area contributed by atoms with Crippen LogP contribution in [-0.4, -0.2) is 73.2 Å². The summed E-state index contributed by atoms with van der Waals surface area (Å²) in [6, 6.07) is 9.91. The second-order valence-electron chi connectivity index (χ2n) is 9.83. The molecule has 1 aliphatic heterocycles. The molecule has 0 aliphatic carbocycles. The predicted molar refractivity (Wildman–Crippen MR) is 155 cm³/mol. The highest BCUT2D eigenvalue weighted by Gasteiger charge is 2.38. The number of anilines is 1. The van der Waals surface area contributed by atoms with Gasteiger partial charge in [-0.25, -0.2) is 14.6 Å². The number of hydrogen-bond acceptors (Lipinski definition) is 8. The summed E-state index contributed by atoms with van der Waals surface area (Å²) in [6.07, 6.45) is -3.20. The van der Waals surface area contributed by atoms with Crippen molar-refractivity contribution in [1.82, 2.24) is 9.88 Å². The van der Waals surface area contributed by atoms with E-state index in [1.165, 1.54) is 28.8 Å². The van der Waals surface area contributed by atoms with Gasteiger partial charge in [0.1, 0.15) is 17.2 Å². The molecule has 1 aliphatic rings. The van der Waals surface area contributed by atoms with Gasteiger partial charge in [0.05, 0.1) is 40.5 Å². The molecule has 2 heterocycles. The summed E-state index contributed by atoms with van der Waals surface area (Å²) in [5, 5.41) is 12.6. The van der Waals surface area contributed by atoms with Crippen LogP contribution < -0.4 is 4.90 Å². The lowest BCUT2D eigenvalue weighted by atomic mass is 9.84. The van der Waals surface area contributed by atoms with Gasteiger partial charge in [0.2, 0.25) is 0 Å². The quantitative estimate of drug-likeness (QED) is 0.228. The van der Waals surface area contributed by atoms with Crippen LogP contribution >= 0.6 is 23.4 Å². The molecule has 1 N–H and O–H groups in total. The van der Waals surface area contributed by atoms with E-state index in [1.807, 2.05) is 0 Å². The van der Waals surface area contributed by atoms with Crippen molar-refractivity contribution in [1.29, 1.82) is 0 Å². The van der Waals surface area contributed by atoms with Crippen LogP contribution in [0.3, 0.4) is 0 Å². The maximum absolute atomic E-state index is 13.2. The number of likely N-dealkylation sites (N-methyl/N-ethyl adjacent to an activating group) is 1. The number of benzene rings is 2. The Kier molecular flexibility index (Phi) is 9.79. The number of thioether (sulfide) groups is 1. The van der Waals surface area contributed by atoms with Crippen molar-refractivity contribution in [2.45, 2.75) is 36.6 Å². The molecule has 42 heavy (non-hydrogen) atoms. The summed E-state index contributed by atoms with van der Waals surface area (Å²) >= 11 is 7.71. The second kappa shape index (κ2) is 13.0. The third kappa shape index (κ3) is 6.71. The number of alkyl halides is 3. The van der Waals surface area contributed by atoms with Crippen LogP contribution in [0, 0.1) is 0 Å². The molecule has 1 saturated heterocycles. The number of ether oxygens (including phenoxy) is 2. The van der Waals surface area contributed by atoms with E-state index in [0.717, 1.165) is 12.1 Å². The zero-order valence-electron chi connectivity index (χ0n) is 23.3. The number of hydrogen-bond donors (Lipinski definition) is 1. The standard InChI is InChI=1S/C29H31ClF3N3O5S/c1-4-40-26(37)22-24(20-9-6-10-21(30)23(20)34-25(22)42-3)35(2)15-16-41-27(38)36-13-11-28(39,12-14-36)18-7-5-8-19(17-18)29(31,32)33/h5-10,17,39H,4,11-16H2,1-3H3. The van der Waals surface area contributed by atoms with Gasteiger partial charge in [0.15, 0.2) is 0 Å². The van der Waals surface area contributed by atoms with Crippen LogP contribution in [0.5, 0.6) is 0 Å². The fraction of sp³-hybridized carbons (Fsp3) is 0.414. The van der Waals surface area contributed by atoms with Crippen LogP contribution in [0.25, 0.3) is 10.9 Å². The molecule has 0 unspecified atom stereocenters. The highest BCUT2D eigenvalue weighted by Crippen LogP contribution is 2.39. The zero-order chi connectivity index (χ0) is 30.7. The summed E-state index contributed by atoms with van der Waals surface area (Å²) < 4.78 is 50.3. The number of rotatable bonds is 8. The van der Waals surface area contributed by atoms with Gasteiger partial charge >= 0.3 is 18.2 Å². The smallest absolute Gasteiger partial charge is 0.416 e. The van der Waals surface area contributed by atoms with Crippen molar-refractivity contribution in [3.8, 4) is 0 Å². The van der Waals surface area contributed by atoms with E-state index in [-0.39, 0.29) is 56.8 Å². The van der Waals surface area contributed by atoms with Crippen LogP contribution in [0.2, 0.25) is 5.02 Å². The lowest BCUT2D eigenvalue weighted by Crippen LogP contribution is -2.45. The first kappa shape index (κ1) is 31.7. The normalized spacial score (nSPS) is 15.0. The summed E-state index contributed by atoms with van der Waals surface area (Å²) in [5.74, 6) is -0.531. The van der Waals surface area contributed by atoms with E-state index in [0.29, 0.717) is 26.6 Å². The van der Waals surface area contributed by atoms with Crippen molar-refractivity contribution in [3.05, 3.63) is 64.2 Å². The van der Waals surface area contributed by atoms with Crippen LogP contribution in [0.15, 0.2) is 47.5 Å². The first-order valence-electron chi connectivity index (χ1n) is 13.3. The Labute approximate surface area is 250 Å². The lowest BCUT2D eigenvalue weighted by molar-refractivity contribution is -0.137. The molecular formula is C29H31ClF3N3O5S. The molecule has 2 aromatic carbocycles. The largest absolute Gasteiger partial charge is 0.462 e. The predicted octanol–water partition coefficient (Wildman–Crippen LogP) is 6.36. The van der Waals surface area contributed by atoms with Crippen LogP contribution in [0.1, 0.15) is 41.3 Å². The Hall–Kier alpha value is -3.22. The highest BCUT2D eigenvalue weighted by molar-refractivity contribution is 7.98. The number of amides is 1. The van der Waals surface area contributed by atoms with Gasteiger partial charge in [0.25, 0.3) is 0 Å². The first-order chi connectivity index (χ1) is 19.9. The molecule has 1 aromatic heterocycles. The van der Waals surface area contributed by atoms with Gasteiger partial charge in [-0.1, -0.05) is 35.9 Å².